The first-order valence-electron chi connectivity index (χ1n) is 10.3. The van der Waals surface area contributed by atoms with E-state index in [1.54, 1.807) is 0 Å². The lowest BCUT2D eigenvalue weighted by Gasteiger charge is -2.37. The van der Waals surface area contributed by atoms with E-state index in [9.17, 15) is 9.59 Å². The van der Waals surface area contributed by atoms with E-state index in [-0.39, 0.29) is 17.9 Å². The van der Waals surface area contributed by atoms with Gasteiger partial charge in [-0.2, -0.15) is 0 Å². The summed E-state index contributed by atoms with van der Waals surface area (Å²) in [6.07, 6.45) is 4.74. The maximum Gasteiger partial charge on any atom is 0.241 e. The molecule has 2 aliphatic heterocycles. The van der Waals surface area contributed by atoms with Crippen molar-refractivity contribution in [3.8, 4) is 0 Å². The van der Waals surface area contributed by atoms with Gasteiger partial charge >= 0.3 is 0 Å². The van der Waals surface area contributed by atoms with Gasteiger partial charge < -0.3 is 10.2 Å². The highest BCUT2D eigenvalue weighted by Crippen LogP contribution is 2.16. The van der Waals surface area contributed by atoms with Crippen LogP contribution >= 0.6 is 15.9 Å². The molecule has 6 nitrogen and oxygen atoms in total. The van der Waals surface area contributed by atoms with Crippen LogP contribution in [0.25, 0.3) is 0 Å². The molecule has 0 aromatic heterocycles. The summed E-state index contributed by atoms with van der Waals surface area (Å²) in [6.45, 7) is 7.55. The molecule has 1 aromatic rings. The first kappa shape index (κ1) is 21.3. The van der Waals surface area contributed by atoms with Crippen LogP contribution in [-0.2, 0) is 9.59 Å². The van der Waals surface area contributed by atoms with Crippen molar-refractivity contribution in [1.29, 1.82) is 0 Å². The highest BCUT2D eigenvalue weighted by Gasteiger charge is 2.27. The van der Waals surface area contributed by atoms with Crippen LogP contribution in [0.4, 0.5) is 5.69 Å². The maximum absolute atomic E-state index is 12.6. The molecule has 0 radical (unpaired) electrons. The number of rotatable bonds is 5. The van der Waals surface area contributed by atoms with E-state index >= 15 is 0 Å². The topological polar surface area (TPSA) is 55.9 Å². The fourth-order valence-electron chi connectivity index (χ4n) is 3.87. The van der Waals surface area contributed by atoms with E-state index in [0.717, 1.165) is 62.3 Å². The number of likely N-dealkylation sites (tertiary alicyclic amines) is 1. The van der Waals surface area contributed by atoms with Gasteiger partial charge in [0.15, 0.2) is 0 Å². The van der Waals surface area contributed by atoms with Crippen LogP contribution in [0.3, 0.4) is 0 Å². The van der Waals surface area contributed by atoms with Crippen LogP contribution in [0.1, 0.15) is 32.6 Å². The van der Waals surface area contributed by atoms with Gasteiger partial charge in [-0.05, 0) is 44.0 Å². The van der Waals surface area contributed by atoms with Crippen LogP contribution in [0.15, 0.2) is 28.7 Å². The molecule has 3 rings (SSSR count). The van der Waals surface area contributed by atoms with E-state index in [2.05, 4.69) is 31.0 Å². The number of piperazine rings is 1. The largest absolute Gasteiger partial charge is 0.342 e. The fraction of sp³-hybridized carbons (Fsp3) is 0.619. The monoisotopic (exact) mass is 450 g/mol. The molecular formula is C21H31BrN4O2. The molecule has 1 aromatic carbocycles. The van der Waals surface area contributed by atoms with Gasteiger partial charge in [-0.1, -0.05) is 28.8 Å². The second-order valence-electron chi connectivity index (χ2n) is 7.78. The second kappa shape index (κ2) is 10.4. The average Bonchev–Trinajstić information content (AvgIpc) is 2.99. The Balaban J connectivity index is 1.43. The van der Waals surface area contributed by atoms with Gasteiger partial charge in [0.25, 0.3) is 0 Å². The van der Waals surface area contributed by atoms with E-state index in [4.69, 9.17) is 0 Å². The van der Waals surface area contributed by atoms with E-state index < -0.39 is 0 Å². The predicted octanol–water partition coefficient (Wildman–Crippen LogP) is 2.80. The number of nitrogens with one attached hydrogen (secondary N) is 1. The summed E-state index contributed by atoms with van der Waals surface area (Å²) in [7, 11) is 0. The molecule has 154 valence electrons. The van der Waals surface area contributed by atoms with Crippen molar-refractivity contribution in [2.75, 3.05) is 51.1 Å². The third kappa shape index (κ3) is 6.03. The molecule has 2 aliphatic rings. The van der Waals surface area contributed by atoms with Gasteiger partial charge in [-0.3, -0.25) is 19.4 Å². The molecule has 0 spiro atoms. The van der Waals surface area contributed by atoms with Crippen LogP contribution in [0, 0.1) is 0 Å². The molecule has 2 amide bonds. The Kier molecular flexibility index (Phi) is 7.88. The predicted molar refractivity (Wildman–Crippen MR) is 115 cm³/mol. The molecule has 0 bridgehead atoms. The maximum atomic E-state index is 12.6. The lowest BCUT2D eigenvalue weighted by atomic mass is 10.2. The summed E-state index contributed by atoms with van der Waals surface area (Å²) in [4.78, 5) is 31.6. The van der Waals surface area contributed by atoms with Crippen molar-refractivity contribution in [3.05, 3.63) is 28.7 Å². The molecule has 2 fully saturated rings. The van der Waals surface area contributed by atoms with Gasteiger partial charge in [0, 0.05) is 49.4 Å². The van der Waals surface area contributed by atoms with Gasteiger partial charge in [0.05, 0.1) is 12.6 Å². The molecule has 1 unspecified atom stereocenters. The minimum Gasteiger partial charge on any atom is -0.342 e. The Hall–Kier alpha value is -1.44. The third-order valence-corrected chi connectivity index (χ3v) is 6.29. The van der Waals surface area contributed by atoms with Crippen molar-refractivity contribution in [3.63, 3.8) is 0 Å². The Morgan fingerprint density at radius 1 is 0.964 bits per heavy atom. The van der Waals surface area contributed by atoms with Crippen molar-refractivity contribution in [2.24, 2.45) is 0 Å². The zero-order valence-electron chi connectivity index (χ0n) is 16.7. The quantitative estimate of drug-likeness (QED) is 0.748. The summed E-state index contributed by atoms with van der Waals surface area (Å²) >= 11 is 3.40. The van der Waals surface area contributed by atoms with E-state index in [1.807, 2.05) is 36.1 Å². The number of carbonyl (C=O) groups is 2. The zero-order chi connectivity index (χ0) is 19.9. The zero-order valence-corrected chi connectivity index (χ0v) is 18.3. The first-order valence-corrected chi connectivity index (χ1v) is 11.1. The average molecular weight is 451 g/mol. The molecule has 0 saturated carbocycles. The SMILES string of the molecule is CC(C(=O)Nc1ccc(Br)cc1)N1CCN(CC(=O)N2CCCCCC2)CC1. The number of carbonyl (C=O) groups excluding carboxylic acids is 2. The lowest BCUT2D eigenvalue weighted by Crippen LogP contribution is -2.54. The molecule has 1 N–H and O–H groups in total. The molecule has 2 saturated heterocycles. The van der Waals surface area contributed by atoms with Crippen molar-refractivity contribution in [1.82, 2.24) is 14.7 Å². The van der Waals surface area contributed by atoms with Crippen LogP contribution in [-0.4, -0.2) is 78.4 Å². The molecule has 28 heavy (non-hydrogen) atoms. The fourth-order valence-corrected chi connectivity index (χ4v) is 4.13. The molecule has 2 heterocycles. The number of benzene rings is 1. The smallest absolute Gasteiger partial charge is 0.241 e. The van der Waals surface area contributed by atoms with Crippen LogP contribution in [0.5, 0.6) is 0 Å². The normalized spacial score (nSPS) is 20.4. The summed E-state index contributed by atoms with van der Waals surface area (Å²) in [5.41, 5.74) is 0.807. The highest BCUT2D eigenvalue weighted by atomic mass is 79.9. The minimum absolute atomic E-state index is 0.0106. The number of nitrogens with zero attached hydrogens (tertiary/aromatic N) is 3. The van der Waals surface area contributed by atoms with Gasteiger partial charge in [-0.25, -0.2) is 0 Å². The highest BCUT2D eigenvalue weighted by molar-refractivity contribution is 9.10. The standard InChI is InChI=1S/C21H31BrN4O2/c1-17(21(28)23-19-8-6-18(22)7-9-19)25-14-12-24(13-15-25)16-20(27)26-10-4-2-3-5-11-26/h6-9,17H,2-5,10-16H2,1H3,(H,23,28). The minimum atomic E-state index is -0.188. The molecule has 1 atom stereocenters. The van der Waals surface area contributed by atoms with E-state index in [0.29, 0.717) is 6.54 Å². The van der Waals surface area contributed by atoms with Crippen molar-refractivity contribution < 1.29 is 9.59 Å². The summed E-state index contributed by atoms with van der Waals surface area (Å²) in [5, 5.41) is 2.98. The van der Waals surface area contributed by atoms with Crippen LogP contribution < -0.4 is 5.32 Å². The first-order chi connectivity index (χ1) is 13.5. The number of anilines is 1. The Bertz CT molecular complexity index is 651. The van der Waals surface area contributed by atoms with Crippen molar-refractivity contribution in [2.45, 2.75) is 38.6 Å². The van der Waals surface area contributed by atoms with Crippen molar-refractivity contribution >= 4 is 33.4 Å². The van der Waals surface area contributed by atoms with E-state index in [1.165, 1.54) is 12.8 Å². The van der Waals surface area contributed by atoms with Gasteiger partial charge in [-0.15, -0.1) is 0 Å². The molecule has 0 aliphatic carbocycles. The summed E-state index contributed by atoms with van der Waals surface area (Å²) in [5.74, 6) is 0.271. The summed E-state index contributed by atoms with van der Waals surface area (Å²) in [6, 6.07) is 7.43. The Labute approximate surface area is 176 Å². The number of amides is 2. The Morgan fingerprint density at radius 3 is 2.18 bits per heavy atom. The lowest BCUT2D eigenvalue weighted by molar-refractivity contribution is -0.133. The van der Waals surface area contributed by atoms with Gasteiger partial charge in [0.1, 0.15) is 0 Å². The van der Waals surface area contributed by atoms with Crippen LogP contribution in [0.2, 0.25) is 0 Å². The second-order valence-corrected chi connectivity index (χ2v) is 8.69. The molecular weight excluding hydrogens is 420 g/mol. The van der Waals surface area contributed by atoms with Gasteiger partial charge in [0.2, 0.25) is 11.8 Å². The summed E-state index contributed by atoms with van der Waals surface area (Å²) < 4.78 is 0.990. The number of hydrogen-bond acceptors (Lipinski definition) is 4. The molecule has 7 heteroatoms. The Morgan fingerprint density at radius 2 is 1.57 bits per heavy atom. The third-order valence-electron chi connectivity index (χ3n) is 5.76. The number of halogens is 1. The number of hydrogen-bond donors (Lipinski definition) is 1.